The van der Waals surface area contributed by atoms with E-state index in [0.29, 0.717) is 12.2 Å². The van der Waals surface area contributed by atoms with Crippen LogP contribution in [0.3, 0.4) is 0 Å². The molecule has 2 fully saturated rings. The number of piperidine rings is 1. The predicted molar refractivity (Wildman–Crippen MR) is 112 cm³/mol. The van der Waals surface area contributed by atoms with Crippen molar-refractivity contribution in [3.05, 3.63) is 46.3 Å². The van der Waals surface area contributed by atoms with E-state index in [1.165, 1.54) is 12.0 Å². The second-order valence-electron chi connectivity index (χ2n) is 9.02. The topological polar surface area (TPSA) is 118 Å². The Bertz CT molecular complexity index is 1160. The zero-order valence-corrected chi connectivity index (χ0v) is 17.7. The molecule has 0 aromatic carbocycles. The highest BCUT2D eigenvalue weighted by atomic mass is 16.2. The summed E-state index contributed by atoms with van der Waals surface area (Å²) < 4.78 is 1.66. The van der Waals surface area contributed by atoms with Gasteiger partial charge >= 0.3 is 0 Å². The SMILES string of the molecule is Cc1nc(N2CC3CC3C2)ncc1Cn1cc(C(=O)NC2CCc3c2n[nH]c3C)nn1. The summed E-state index contributed by atoms with van der Waals surface area (Å²) in [5.41, 5.74) is 5.41. The van der Waals surface area contributed by atoms with Gasteiger partial charge in [-0.25, -0.2) is 14.6 Å². The Morgan fingerprint density at radius 2 is 2.13 bits per heavy atom. The van der Waals surface area contributed by atoms with Crippen molar-refractivity contribution in [2.75, 3.05) is 18.0 Å². The molecular weight excluding hydrogens is 394 g/mol. The Labute approximate surface area is 179 Å². The summed E-state index contributed by atoms with van der Waals surface area (Å²) >= 11 is 0. The number of aromatic amines is 1. The highest BCUT2D eigenvalue weighted by Crippen LogP contribution is 2.45. The molecular formula is C21H25N9O. The van der Waals surface area contributed by atoms with Gasteiger partial charge in [-0.05, 0) is 50.5 Å². The number of nitrogens with zero attached hydrogens (tertiary/aromatic N) is 7. The zero-order valence-electron chi connectivity index (χ0n) is 17.7. The molecule has 4 heterocycles. The van der Waals surface area contributed by atoms with E-state index in [1.807, 2.05) is 20.0 Å². The first-order valence-corrected chi connectivity index (χ1v) is 10.9. The number of fused-ring (bicyclic) bond motifs is 2. The largest absolute Gasteiger partial charge is 0.342 e. The monoisotopic (exact) mass is 419 g/mol. The summed E-state index contributed by atoms with van der Waals surface area (Å²) in [6.07, 6.45) is 6.67. The quantitative estimate of drug-likeness (QED) is 0.641. The Hall–Kier alpha value is -3.30. The maximum Gasteiger partial charge on any atom is 0.274 e. The van der Waals surface area contributed by atoms with Crippen molar-refractivity contribution in [1.82, 2.24) is 40.5 Å². The van der Waals surface area contributed by atoms with Crippen LogP contribution in [0.5, 0.6) is 0 Å². The molecule has 0 spiro atoms. The highest BCUT2D eigenvalue weighted by molar-refractivity contribution is 5.92. The fourth-order valence-electron chi connectivity index (χ4n) is 4.88. The lowest BCUT2D eigenvalue weighted by Crippen LogP contribution is -2.27. The third kappa shape index (κ3) is 3.26. The van der Waals surface area contributed by atoms with Crippen molar-refractivity contribution < 1.29 is 4.79 Å². The van der Waals surface area contributed by atoms with Crippen molar-refractivity contribution >= 4 is 11.9 Å². The van der Waals surface area contributed by atoms with Gasteiger partial charge < -0.3 is 10.2 Å². The number of hydrogen-bond acceptors (Lipinski definition) is 7. The lowest BCUT2D eigenvalue weighted by molar-refractivity contribution is 0.0930. The smallest absolute Gasteiger partial charge is 0.274 e. The molecule has 2 N–H and O–H groups in total. The van der Waals surface area contributed by atoms with E-state index in [4.69, 9.17) is 4.98 Å². The van der Waals surface area contributed by atoms with Crippen LogP contribution in [0.4, 0.5) is 5.95 Å². The van der Waals surface area contributed by atoms with Gasteiger partial charge in [0.2, 0.25) is 5.95 Å². The highest BCUT2D eigenvalue weighted by Gasteiger charge is 2.45. The predicted octanol–water partition coefficient (Wildman–Crippen LogP) is 1.33. The fraction of sp³-hybridized carbons (Fsp3) is 0.524. The van der Waals surface area contributed by atoms with Crippen LogP contribution in [0.1, 0.15) is 57.6 Å². The third-order valence-corrected chi connectivity index (χ3v) is 6.86. The lowest BCUT2D eigenvalue weighted by Gasteiger charge is -2.18. The van der Waals surface area contributed by atoms with E-state index in [0.717, 1.165) is 66.4 Å². The number of anilines is 1. The molecule has 3 aromatic heterocycles. The number of H-pyrrole nitrogens is 1. The molecule has 3 atom stereocenters. The average Bonchev–Trinajstić information content (AvgIpc) is 3.22. The minimum atomic E-state index is -0.235. The fourth-order valence-corrected chi connectivity index (χ4v) is 4.88. The summed E-state index contributed by atoms with van der Waals surface area (Å²) in [5.74, 6) is 2.27. The van der Waals surface area contributed by atoms with Crippen LogP contribution in [0, 0.1) is 25.7 Å². The van der Waals surface area contributed by atoms with Gasteiger partial charge in [-0.3, -0.25) is 9.89 Å². The molecule has 10 nitrogen and oxygen atoms in total. The molecule has 10 heteroatoms. The summed E-state index contributed by atoms with van der Waals surface area (Å²) in [4.78, 5) is 24.2. The standard InChI is InChI=1S/C21H25N9O/c1-11-15(6-22-21(23-11)29-7-13-5-14(13)8-29)9-30-10-18(26-28-30)20(31)24-17-4-3-16-12(2)25-27-19(16)17/h6,10,13-14,17H,3-5,7-9H2,1-2H3,(H,24,31)(H,25,27). The molecule has 3 aromatic rings. The molecule has 6 rings (SSSR count). The Kier molecular flexibility index (Phi) is 4.09. The van der Waals surface area contributed by atoms with Crippen molar-refractivity contribution in [2.24, 2.45) is 11.8 Å². The van der Waals surface area contributed by atoms with Crippen molar-refractivity contribution in [3.8, 4) is 0 Å². The van der Waals surface area contributed by atoms with Crippen LogP contribution in [0.2, 0.25) is 0 Å². The van der Waals surface area contributed by atoms with Gasteiger partial charge in [-0.15, -0.1) is 5.10 Å². The van der Waals surface area contributed by atoms with Crippen molar-refractivity contribution in [1.29, 1.82) is 0 Å². The van der Waals surface area contributed by atoms with E-state index >= 15 is 0 Å². The third-order valence-electron chi connectivity index (χ3n) is 6.86. The Morgan fingerprint density at radius 3 is 2.94 bits per heavy atom. The first kappa shape index (κ1) is 18.5. The zero-order chi connectivity index (χ0) is 21.1. The molecule has 1 aliphatic heterocycles. The van der Waals surface area contributed by atoms with Crippen LogP contribution in [-0.2, 0) is 13.0 Å². The number of rotatable bonds is 5. The number of aromatic nitrogens is 7. The van der Waals surface area contributed by atoms with E-state index in [1.54, 1.807) is 10.9 Å². The van der Waals surface area contributed by atoms with Gasteiger partial charge in [-0.1, -0.05) is 5.21 Å². The minimum Gasteiger partial charge on any atom is -0.342 e. The maximum absolute atomic E-state index is 12.7. The molecule has 3 aliphatic rings. The molecule has 31 heavy (non-hydrogen) atoms. The minimum absolute atomic E-state index is 0.0857. The average molecular weight is 419 g/mol. The first-order chi connectivity index (χ1) is 15.0. The van der Waals surface area contributed by atoms with Crippen LogP contribution in [0.15, 0.2) is 12.4 Å². The van der Waals surface area contributed by atoms with E-state index in [-0.39, 0.29) is 11.9 Å². The number of amides is 1. The van der Waals surface area contributed by atoms with Crippen LogP contribution in [-0.4, -0.2) is 54.2 Å². The van der Waals surface area contributed by atoms with Gasteiger partial charge in [0.05, 0.1) is 24.5 Å². The van der Waals surface area contributed by atoms with Crippen molar-refractivity contribution in [3.63, 3.8) is 0 Å². The first-order valence-electron chi connectivity index (χ1n) is 10.9. The van der Waals surface area contributed by atoms with Crippen LogP contribution < -0.4 is 10.2 Å². The molecule has 1 amide bonds. The van der Waals surface area contributed by atoms with E-state index in [9.17, 15) is 4.79 Å². The molecule has 160 valence electrons. The van der Waals surface area contributed by atoms with E-state index < -0.39 is 0 Å². The van der Waals surface area contributed by atoms with Crippen LogP contribution >= 0.6 is 0 Å². The molecule has 0 bridgehead atoms. The number of nitrogens with one attached hydrogen (secondary N) is 2. The number of carbonyl (C=O) groups excluding carboxylic acids is 1. The lowest BCUT2D eigenvalue weighted by atomic mass is 10.2. The summed E-state index contributed by atoms with van der Waals surface area (Å²) in [5, 5.41) is 18.6. The summed E-state index contributed by atoms with van der Waals surface area (Å²) in [6.45, 7) is 6.62. The summed E-state index contributed by atoms with van der Waals surface area (Å²) in [6, 6.07) is -0.0857. The van der Waals surface area contributed by atoms with Gasteiger partial charge in [0.1, 0.15) is 0 Å². The Morgan fingerprint density at radius 1 is 1.29 bits per heavy atom. The Balaban J connectivity index is 1.12. The van der Waals surface area contributed by atoms with Gasteiger partial charge in [0.15, 0.2) is 5.69 Å². The molecule has 3 unspecified atom stereocenters. The molecule has 2 aliphatic carbocycles. The van der Waals surface area contributed by atoms with Gasteiger partial charge in [0.25, 0.3) is 5.91 Å². The van der Waals surface area contributed by atoms with Gasteiger partial charge in [-0.2, -0.15) is 5.10 Å². The summed E-state index contributed by atoms with van der Waals surface area (Å²) in [7, 11) is 0. The van der Waals surface area contributed by atoms with Crippen molar-refractivity contribution in [2.45, 2.75) is 45.7 Å². The number of hydrogen-bond donors (Lipinski definition) is 2. The number of carbonyl (C=O) groups is 1. The van der Waals surface area contributed by atoms with E-state index in [2.05, 4.69) is 35.7 Å². The number of aryl methyl sites for hydroxylation is 2. The van der Waals surface area contributed by atoms with Gasteiger partial charge in [0, 0.05) is 36.2 Å². The second-order valence-corrected chi connectivity index (χ2v) is 9.02. The maximum atomic E-state index is 12.7. The van der Waals surface area contributed by atoms with Crippen LogP contribution in [0.25, 0.3) is 0 Å². The molecule has 1 saturated heterocycles. The molecule has 0 radical (unpaired) electrons. The second kappa shape index (κ2) is 6.86. The molecule has 1 saturated carbocycles. The normalized spacial score (nSPS) is 23.7.